The molecule has 0 aliphatic carbocycles. The van der Waals surface area contributed by atoms with Crippen LogP contribution in [0.1, 0.15) is 39.5 Å². The highest BCUT2D eigenvalue weighted by atomic mass is 32.1. The number of carbonyl (C=O) groups is 2. The van der Waals surface area contributed by atoms with Gasteiger partial charge in [0, 0.05) is 18.4 Å². The van der Waals surface area contributed by atoms with Gasteiger partial charge in [0.25, 0.3) is 0 Å². The first-order valence-corrected chi connectivity index (χ1v) is 12.5. The number of thiazole rings is 1. The minimum Gasteiger partial charge on any atom is -0.462 e. The molecule has 3 atom stereocenters. The first-order chi connectivity index (χ1) is 17.5. The number of carbonyl (C=O) groups excluding carboxylic acids is 2. The van der Waals surface area contributed by atoms with Crippen LogP contribution >= 0.6 is 11.3 Å². The summed E-state index contributed by atoms with van der Waals surface area (Å²) in [6.45, 7) is 2.78. The number of anilines is 2. The van der Waals surface area contributed by atoms with Gasteiger partial charge >= 0.3 is 18.0 Å². The Kier molecular flexibility index (Phi) is 5.82. The standard InChI is InChI=1S/C23H24N6O6S/c1-11(8-30)24-21(32)27-22-25-16-7-12-9-33-10-17(18(16)36-22)29(12)23-26-19(28-35-23)14-3-2-4-15-13(14)5-6-34-20(15)31/h2-4,11-12,17,30H,5-10H2,1H3,(H2,24,25,27,32)/t11-,12?,17?/m1/s1. The van der Waals surface area contributed by atoms with Crippen LogP contribution in [0.2, 0.25) is 0 Å². The number of hydrogen-bond donors (Lipinski definition) is 3. The van der Waals surface area contributed by atoms with Crippen LogP contribution in [0.15, 0.2) is 22.7 Å². The lowest BCUT2D eigenvalue weighted by Crippen LogP contribution is -2.51. The van der Waals surface area contributed by atoms with Gasteiger partial charge in [0.15, 0.2) is 5.13 Å². The maximum Gasteiger partial charge on any atom is 0.338 e. The molecule has 0 radical (unpaired) electrons. The van der Waals surface area contributed by atoms with E-state index in [0.29, 0.717) is 55.2 Å². The molecule has 3 aliphatic heterocycles. The van der Waals surface area contributed by atoms with Crippen molar-refractivity contribution < 1.29 is 28.7 Å². The molecule has 13 heteroatoms. The molecular weight excluding hydrogens is 488 g/mol. The number of hydrogen-bond acceptors (Lipinski definition) is 11. The fourth-order valence-corrected chi connectivity index (χ4v) is 5.91. The highest BCUT2D eigenvalue weighted by Crippen LogP contribution is 2.43. The molecule has 1 aromatic carbocycles. The van der Waals surface area contributed by atoms with Gasteiger partial charge in [0.1, 0.15) is 0 Å². The number of aliphatic hydroxyl groups is 1. The van der Waals surface area contributed by atoms with E-state index in [1.165, 1.54) is 11.3 Å². The maximum atomic E-state index is 12.2. The molecule has 3 aromatic rings. The zero-order chi connectivity index (χ0) is 24.8. The molecule has 2 amide bonds. The third kappa shape index (κ3) is 3.98. The SMILES string of the molecule is C[C@H](CO)NC(=O)Nc1nc2c(s1)C1COCC(C2)N1c1nc(-c2cccc3c2CCOC3=O)no1. The number of nitrogens with zero attached hydrogens (tertiary/aromatic N) is 4. The summed E-state index contributed by atoms with van der Waals surface area (Å²) in [6, 6.07) is 4.77. The largest absolute Gasteiger partial charge is 0.462 e. The van der Waals surface area contributed by atoms with Crippen molar-refractivity contribution in [1.29, 1.82) is 0 Å². The highest BCUT2D eigenvalue weighted by molar-refractivity contribution is 7.16. The van der Waals surface area contributed by atoms with Crippen molar-refractivity contribution in [3.8, 4) is 11.4 Å². The second-order valence-corrected chi connectivity index (χ2v) is 9.98. The molecule has 1 saturated heterocycles. The van der Waals surface area contributed by atoms with E-state index in [1.807, 2.05) is 6.07 Å². The fourth-order valence-electron chi connectivity index (χ4n) is 4.84. The normalized spacial score (nSPS) is 21.3. The molecule has 0 spiro atoms. The molecular formula is C23H24N6O6S. The van der Waals surface area contributed by atoms with Gasteiger partial charge < -0.3 is 29.3 Å². The van der Waals surface area contributed by atoms with Crippen LogP contribution in [-0.4, -0.2) is 70.7 Å². The van der Waals surface area contributed by atoms with Gasteiger partial charge in [-0.2, -0.15) is 4.98 Å². The molecule has 3 N–H and O–H groups in total. The number of fused-ring (bicyclic) bond motifs is 5. The van der Waals surface area contributed by atoms with E-state index in [9.17, 15) is 9.59 Å². The van der Waals surface area contributed by atoms with E-state index >= 15 is 0 Å². The maximum absolute atomic E-state index is 12.2. The summed E-state index contributed by atoms with van der Waals surface area (Å²) < 4.78 is 16.7. The third-order valence-corrected chi connectivity index (χ3v) is 7.62. The molecule has 1 fully saturated rings. The van der Waals surface area contributed by atoms with E-state index in [0.717, 1.165) is 21.7 Å². The lowest BCUT2D eigenvalue weighted by molar-refractivity contribution is 0.0480. The summed E-state index contributed by atoms with van der Waals surface area (Å²) in [5.41, 5.74) is 3.05. The smallest absolute Gasteiger partial charge is 0.338 e. The Bertz CT molecular complexity index is 1320. The van der Waals surface area contributed by atoms with Crippen LogP contribution in [0.4, 0.5) is 15.9 Å². The quantitative estimate of drug-likeness (QED) is 0.432. The average Bonchev–Trinajstić information content (AvgIpc) is 3.50. The number of aliphatic hydroxyl groups excluding tert-OH is 1. The second-order valence-electron chi connectivity index (χ2n) is 8.95. The number of aromatic nitrogens is 3. The van der Waals surface area contributed by atoms with Crippen LogP contribution in [0.25, 0.3) is 11.4 Å². The Morgan fingerprint density at radius 2 is 2.17 bits per heavy atom. The summed E-state index contributed by atoms with van der Waals surface area (Å²) in [5.74, 6) is 0.0776. The Morgan fingerprint density at radius 1 is 1.31 bits per heavy atom. The van der Waals surface area contributed by atoms with Gasteiger partial charge in [-0.05, 0) is 18.6 Å². The second kappa shape index (κ2) is 9.15. The van der Waals surface area contributed by atoms with Gasteiger partial charge in [-0.1, -0.05) is 28.6 Å². The van der Waals surface area contributed by atoms with Crippen LogP contribution < -0.4 is 15.5 Å². The first kappa shape index (κ1) is 22.9. The molecule has 36 heavy (non-hydrogen) atoms. The number of benzene rings is 1. The Hall–Kier alpha value is -3.55. The molecule has 5 heterocycles. The van der Waals surface area contributed by atoms with Crippen molar-refractivity contribution in [3.63, 3.8) is 0 Å². The number of esters is 1. The Labute approximate surface area is 209 Å². The zero-order valence-corrected chi connectivity index (χ0v) is 20.2. The van der Waals surface area contributed by atoms with E-state index in [-0.39, 0.29) is 30.7 Å². The average molecular weight is 513 g/mol. The van der Waals surface area contributed by atoms with Gasteiger partial charge in [-0.15, -0.1) is 0 Å². The number of cyclic esters (lactones) is 1. The predicted octanol–water partition coefficient (Wildman–Crippen LogP) is 1.91. The van der Waals surface area contributed by atoms with E-state index in [2.05, 4.69) is 25.7 Å². The fraction of sp³-hybridized carbons (Fsp3) is 0.435. The minimum absolute atomic E-state index is 0.0533. The summed E-state index contributed by atoms with van der Waals surface area (Å²) in [4.78, 5) is 36.7. The summed E-state index contributed by atoms with van der Waals surface area (Å²) in [7, 11) is 0. The Balaban J connectivity index is 1.28. The minimum atomic E-state index is -0.421. The number of nitrogens with one attached hydrogen (secondary N) is 2. The van der Waals surface area contributed by atoms with Crippen LogP contribution in [0, 0.1) is 0 Å². The molecule has 3 aliphatic rings. The lowest BCUT2D eigenvalue weighted by Gasteiger charge is -2.43. The number of rotatable bonds is 5. The van der Waals surface area contributed by atoms with Crippen molar-refractivity contribution in [1.82, 2.24) is 20.4 Å². The van der Waals surface area contributed by atoms with Crippen LogP contribution in [-0.2, 0) is 22.3 Å². The van der Waals surface area contributed by atoms with E-state index in [4.69, 9.17) is 24.1 Å². The first-order valence-electron chi connectivity index (χ1n) is 11.7. The number of ether oxygens (including phenoxy) is 2. The summed E-state index contributed by atoms with van der Waals surface area (Å²) >= 11 is 1.38. The monoisotopic (exact) mass is 512 g/mol. The zero-order valence-electron chi connectivity index (χ0n) is 19.4. The van der Waals surface area contributed by atoms with Crippen molar-refractivity contribution in [2.24, 2.45) is 0 Å². The Morgan fingerprint density at radius 3 is 3.03 bits per heavy atom. The number of amides is 2. The van der Waals surface area contributed by atoms with Crippen molar-refractivity contribution in [3.05, 3.63) is 39.9 Å². The van der Waals surface area contributed by atoms with Gasteiger partial charge in [-0.25, -0.2) is 14.6 Å². The van der Waals surface area contributed by atoms with Gasteiger partial charge in [0.2, 0.25) is 5.82 Å². The number of urea groups is 1. The van der Waals surface area contributed by atoms with Crippen molar-refractivity contribution in [2.75, 3.05) is 36.6 Å². The molecule has 0 saturated carbocycles. The molecule has 12 nitrogen and oxygen atoms in total. The molecule has 2 aromatic heterocycles. The summed E-state index contributed by atoms with van der Waals surface area (Å²) in [5, 5.41) is 19.3. The molecule has 2 unspecified atom stereocenters. The molecule has 6 rings (SSSR count). The van der Waals surface area contributed by atoms with E-state index < -0.39 is 6.03 Å². The topological polar surface area (TPSA) is 152 Å². The third-order valence-electron chi connectivity index (χ3n) is 6.50. The van der Waals surface area contributed by atoms with Gasteiger partial charge in [-0.3, -0.25) is 5.32 Å². The van der Waals surface area contributed by atoms with Crippen LogP contribution in [0.3, 0.4) is 0 Å². The lowest BCUT2D eigenvalue weighted by atomic mass is 9.96. The van der Waals surface area contributed by atoms with Crippen molar-refractivity contribution in [2.45, 2.75) is 37.9 Å². The van der Waals surface area contributed by atoms with Crippen molar-refractivity contribution >= 4 is 34.5 Å². The molecule has 2 bridgehead atoms. The summed E-state index contributed by atoms with van der Waals surface area (Å²) in [6.07, 6.45) is 1.19. The molecule has 188 valence electrons. The predicted molar refractivity (Wildman–Crippen MR) is 128 cm³/mol. The van der Waals surface area contributed by atoms with Gasteiger partial charge in [0.05, 0.1) is 60.7 Å². The highest BCUT2D eigenvalue weighted by Gasteiger charge is 2.43. The number of morpholine rings is 1. The van der Waals surface area contributed by atoms with E-state index in [1.54, 1.807) is 19.1 Å². The van der Waals surface area contributed by atoms with Crippen LogP contribution in [0.5, 0.6) is 0 Å².